The molecule has 1 unspecified atom stereocenters. The van der Waals surface area contributed by atoms with Crippen molar-refractivity contribution >= 4 is 16.9 Å². The number of benzene rings is 1. The summed E-state index contributed by atoms with van der Waals surface area (Å²) in [5.41, 5.74) is 0.938. The van der Waals surface area contributed by atoms with Gasteiger partial charge in [-0.2, -0.15) is 5.10 Å². The average Bonchev–Trinajstić information content (AvgIpc) is 3.13. The molecule has 1 aromatic carbocycles. The van der Waals surface area contributed by atoms with Crippen LogP contribution in [0, 0.1) is 6.92 Å². The maximum absolute atomic E-state index is 11.0. The van der Waals surface area contributed by atoms with Gasteiger partial charge in [-0.1, -0.05) is 30.3 Å². The topological polar surface area (TPSA) is 67.1 Å². The van der Waals surface area contributed by atoms with E-state index in [4.69, 9.17) is 0 Å². The molecule has 0 aliphatic carbocycles. The zero-order valence-corrected chi connectivity index (χ0v) is 13.3. The highest BCUT2D eigenvalue weighted by molar-refractivity contribution is 5.87. The van der Waals surface area contributed by atoms with E-state index in [9.17, 15) is 5.11 Å². The highest BCUT2D eigenvalue weighted by atomic mass is 16.3. The molecule has 0 bridgehead atoms. The van der Waals surface area contributed by atoms with Crippen molar-refractivity contribution in [2.24, 2.45) is 7.05 Å². The summed E-state index contributed by atoms with van der Waals surface area (Å²) in [7, 11) is 1.88. The third-order valence-corrected chi connectivity index (χ3v) is 4.54. The third-order valence-electron chi connectivity index (χ3n) is 4.54. The Labute approximate surface area is 134 Å². The molecule has 0 amide bonds. The van der Waals surface area contributed by atoms with E-state index in [1.165, 1.54) is 0 Å². The Hall–Kier alpha value is -2.47. The first kappa shape index (κ1) is 14.1. The predicted octanol–water partition coefficient (Wildman–Crippen LogP) is 1.77. The van der Waals surface area contributed by atoms with Gasteiger partial charge >= 0.3 is 0 Å². The van der Waals surface area contributed by atoms with Gasteiger partial charge in [0, 0.05) is 13.6 Å². The normalized spacial score (nSPS) is 21.3. The summed E-state index contributed by atoms with van der Waals surface area (Å²) in [6.45, 7) is 3.17. The molecule has 1 saturated heterocycles. The number of aromatic nitrogens is 4. The van der Waals surface area contributed by atoms with Crippen molar-refractivity contribution in [3.05, 3.63) is 47.9 Å². The van der Waals surface area contributed by atoms with Crippen molar-refractivity contribution in [1.29, 1.82) is 0 Å². The Bertz CT molecular complexity index is 860. The van der Waals surface area contributed by atoms with Crippen LogP contribution in [0.4, 0.5) is 5.82 Å². The summed E-state index contributed by atoms with van der Waals surface area (Å²) >= 11 is 0. The summed E-state index contributed by atoms with van der Waals surface area (Å²) < 4.78 is 1.76. The summed E-state index contributed by atoms with van der Waals surface area (Å²) in [6, 6.07) is 9.85. The fourth-order valence-electron chi connectivity index (χ4n) is 3.31. The van der Waals surface area contributed by atoms with Crippen LogP contribution >= 0.6 is 0 Å². The molecule has 1 atom stereocenters. The van der Waals surface area contributed by atoms with E-state index in [0.29, 0.717) is 18.8 Å². The molecular formula is C17H19N5O. The van der Waals surface area contributed by atoms with Crippen molar-refractivity contribution in [2.75, 3.05) is 18.0 Å². The maximum atomic E-state index is 11.0. The van der Waals surface area contributed by atoms with Crippen LogP contribution in [0.2, 0.25) is 0 Å². The van der Waals surface area contributed by atoms with Crippen LogP contribution in [0.15, 0.2) is 36.5 Å². The maximum Gasteiger partial charge on any atom is 0.163 e. The Morgan fingerprint density at radius 1 is 1.17 bits per heavy atom. The van der Waals surface area contributed by atoms with Crippen molar-refractivity contribution in [1.82, 2.24) is 19.7 Å². The third kappa shape index (κ3) is 2.26. The van der Waals surface area contributed by atoms with Gasteiger partial charge in [-0.3, -0.25) is 4.68 Å². The molecule has 1 aliphatic rings. The van der Waals surface area contributed by atoms with Gasteiger partial charge in [0.25, 0.3) is 0 Å². The van der Waals surface area contributed by atoms with Gasteiger partial charge in [0.2, 0.25) is 0 Å². The monoisotopic (exact) mass is 309 g/mol. The fraction of sp³-hybridized carbons (Fsp3) is 0.353. The van der Waals surface area contributed by atoms with Crippen molar-refractivity contribution in [2.45, 2.75) is 18.9 Å². The lowest BCUT2D eigenvalue weighted by atomic mass is 9.93. The van der Waals surface area contributed by atoms with E-state index in [1.807, 2.05) is 44.3 Å². The van der Waals surface area contributed by atoms with Crippen LogP contribution in [0.3, 0.4) is 0 Å². The molecule has 3 heterocycles. The molecule has 0 radical (unpaired) electrons. The molecule has 1 fully saturated rings. The predicted molar refractivity (Wildman–Crippen MR) is 88.2 cm³/mol. The molecular weight excluding hydrogens is 290 g/mol. The number of hydrogen-bond acceptors (Lipinski definition) is 5. The number of hydrogen-bond donors (Lipinski definition) is 1. The molecule has 0 saturated carbocycles. The summed E-state index contributed by atoms with van der Waals surface area (Å²) in [5, 5.41) is 16.2. The van der Waals surface area contributed by atoms with Crippen LogP contribution < -0.4 is 4.90 Å². The number of rotatable bonds is 2. The van der Waals surface area contributed by atoms with E-state index in [1.54, 1.807) is 10.9 Å². The van der Waals surface area contributed by atoms with Crippen molar-refractivity contribution in [3.8, 4) is 0 Å². The minimum absolute atomic E-state index is 0.525. The first-order valence-corrected chi connectivity index (χ1v) is 7.76. The van der Waals surface area contributed by atoms with Gasteiger partial charge in [-0.25, -0.2) is 9.97 Å². The lowest BCUT2D eigenvalue weighted by Gasteiger charge is -2.24. The summed E-state index contributed by atoms with van der Waals surface area (Å²) in [5.74, 6) is 1.57. The zero-order valence-electron chi connectivity index (χ0n) is 13.3. The Morgan fingerprint density at radius 3 is 2.74 bits per heavy atom. The van der Waals surface area contributed by atoms with Crippen LogP contribution in [-0.2, 0) is 12.6 Å². The highest BCUT2D eigenvalue weighted by Crippen LogP contribution is 2.35. The molecule has 0 spiro atoms. The molecule has 23 heavy (non-hydrogen) atoms. The first-order chi connectivity index (χ1) is 11.1. The van der Waals surface area contributed by atoms with Crippen LogP contribution in [0.5, 0.6) is 0 Å². The second-order valence-electron chi connectivity index (χ2n) is 6.17. The molecule has 6 nitrogen and oxygen atoms in total. The van der Waals surface area contributed by atoms with Gasteiger partial charge in [0.1, 0.15) is 17.2 Å². The van der Waals surface area contributed by atoms with Crippen molar-refractivity contribution < 1.29 is 5.11 Å². The van der Waals surface area contributed by atoms with E-state index in [-0.39, 0.29) is 0 Å². The van der Waals surface area contributed by atoms with Crippen LogP contribution in [0.1, 0.15) is 17.8 Å². The molecule has 1 aliphatic heterocycles. The number of aryl methyl sites for hydroxylation is 2. The van der Waals surface area contributed by atoms with Crippen LogP contribution in [-0.4, -0.2) is 37.9 Å². The minimum Gasteiger partial charge on any atom is -0.383 e. The molecule has 118 valence electrons. The molecule has 3 aromatic rings. The molecule has 6 heteroatoms. The van der Waals surface area contributed by atoms with Gasteiger partial charge in [-0.15, -0.1) is 0 Å². The number of aliphatic hydroxyl groups is 1. The van der Waals surface area contributed by atoms with Crippen molar-refractivity contribution in [3.63, 3.8) is 0 Å². The zero-order chi connectivity index (χ0) is 16.0. The Morgan fingerprint density at radius 2 is 1.96 bits per heavy atom. The number of β-amino-alcohol motifs (C(OH)–C–C–N with tert-alkyl or cyclic N) is 1. The highest BCUT2D eigenvalue weighted by Gasteiger charge is 2.38. The Kier molecular flexibility index (Phi) is 3.09. The number of anilines is 1. The van der Waals surface area contributed by atoms with E-state index >= 15 is 0 Å². The SMILES string of the molecule is Cc1nc(N2CCC(O)(c3ccccc3)C2)c2cnn(C)c2n1. The number of fused-ring (bicyclic) bond motifs is 1. The standard InChI is InChI=1S/C17H19N5O/c1-12-19-15-14(10-18-21(15)2)16(20-12)22-9-8-17(23,11-22)13-6-4-3-5-7-13/h3-7,10,23H,8-9,11H2,1-2H3. The second-order valence-corrected chi connectivity index (χ2v) is 6.17. The number of nitrogens with zero attached hydrogens (tertiary/aromatic N) is 5. The van der Waals surface area contributed by atoms with Gasteiger partial charge in [-0.05, 0) is 18.9 Å². The van der Waals surface area contributed by atoms with E-state index in [2.05, 4.69) is 20.0 Å². The summed E-state index contributed by atoms with van der Waals surface area (Å²) in [4.78, 5) is 11.2. The second kappa shape index (κ2) is 5.03. The summed E-state index contributed by atoms with van der Waals surface area (Å²) in [6.07, 6.45) is 2.48. The molecule has 4 rings (SSSR count). The molecule has 2 aromatic heterocycles. The van der Waals surface area contributed by atoms with Crippen LogP contribution in [0.25, 0.3) is 11.0 Å². The van der Waals surface area contributed by atoms with Gasteiger partial charge in [0.15, 0.2) is 5.65 Å². The average molecular weight is 309 g/mol. The quantitative estimate of drug-likeness (QED) is 0.781. The lowest BCUT2D eigenvalue weighted by molar-refractivity contribution is 0.0606. The lowest BCUT2D eigenvalue weighted by Crippen LogP contribution is -2.31. The van der Waals surface area contributed by atoms with Gasteiger partial charge in [0.05, 0.1) is 18.1 Å². The largest absolute Gasteiger partial charge is 0.383 e. The minimum atomic E-state index is -0.839. The fourth-order valence-corrected chi connectivity index (χ4v) is 3.31. The molecule has 1 N–H and O–H groups in total. The van der Waals surface area contributed by atoms with E-state index < -0.39 is 5.60 Å². The smallest absolute Gasteiger partial charge is 0.163 e. The van der Waals surface area contributed by atoms with Gasteiger partial charge < -0.3 is 10.0 Å². The first-order valence-electron chi connectivity index (χ1n) is 7.76. The van der Waals surface area contributed by atoms with E-state index in [0.717, 1.165) is 29.0 Å². The Balaban J connectivity index is 1.73.